The van der Waals surface area contributed by atoms with Gasteiger partial charge in [0.25, 0.3) is 5.91 Å². The van der Waals surface area contributed by atoms with Crippen molar-refractivity contribution in [3.8, 4) is 5.69 Å². The minimum Gasteiger partial charge on any atom is -0.344 e. The lowest BCUT2D eigenvalue weighted by atomic mass is 10.1. The highest BCUT2D eigenvalue weighted by Gasteiger charge is 2.34. The molecule has 0 atom stereocenters. The Labute approximate surface area is 142 Å². The van der Waals surface area contributed by atoms with Gasteiger partial charge in [-0.3, -0.25) is 4.79 Å². The molecule has 0 unspecified atom stereocenters. The van der Waals surface area contributed by atoms with E-state index < -0.39 is 23.2 Å². The predicted octanol–water partition coefficient (Wildman–Crippen LogP) is 2.18. The number of alkyl halides is 3. The van der Waals surface area contributed by atoms with Crippen molar-refractivity contribution in [3.63, 3.8) is 0 Å². The number of hydrogen-bond acceptors (Lipinski definition) is 4. The first-order valence-electron chi connectivity index (χ1n) is 6.75. The van der Waals surface area contributed by atoms with Crippen LogP contribution in [0.1, 0.15) is 29.9 Å². The van der Waals surface area contributed by atoms with Gasteiger partial charge < -0.3 is 11.1 Å². The maximum absolute atomic E-state index is 13.0. The second-order valence-corrected chi connectivity index (χ2v) is 5.61. The fraction of sp³-hybridized carbons (Fsp3) is 0.357. The van der Waals surface area contributed by atoms with E-state index in [1.165, 1.54) is 18.2 Å². The van der Waals surface area contributed by atoms with Crippen LogP contribution in [0.25, 0.3) is 5.69 Å². The van der Waals surface area contributed by atoms with Crippen LogP contribution in [0.5, 0.6) is 0 Å². The van der Waals surface area contributed by atoms with Crippen LogP contribution in [0.15, 0.2) is 30.5 Å². The van der Waals surface area contributed by atoms with E-state index in [-0.39, 0.29) is 30.3 Å². The molecule has 1 aromatic heterocycles. The molecule has 3 N–H and O–H groups in total. The molecular weight excluding hydrogens is 347 g/mol. The second-order valence-electron chi connectivity index (χ2n) is 5.61. The van der Waals surface area contributed by atoms with Crippen molar-refractivity contribution in [3.05, 3.63) is 41.7 Å². The highest BCUT2D eigenvalue weighted by molar-refractivity contribution is 5.92. The SMILES string of the molecule is CC(C)(CN)NC(=O)c1cn(-c2ccccc2C(F)(F)F)nn1.Cl. The summed E-state index contributed by atoms with van der Waals surface area (Å²) in [7, 11) is 0. The number of para-hydroxylation sites is 1. The van der Waals surface area contributed by atoms with Crippen LogP contribution in [-0.4, -0.2) is 33.0 Å². The van der Waals surface area contributed by atoms with Crippen molar-refractivity contribution in [2.24, 2.45) is 5.73 Å². The minimum atomic E-state index is -4.54. The van der Waals surface area contributed by atoms with Gasteiger partial charge in [-0.05, 0) is 26.0 Å². The Morgan fingerprint density at radius 1 is 1.29 bits per heavy atom. The van der Waals surface area contributed by atoms with Crippen molar-refractivity contribution in [2.75, 3.05) is 6.54 Å². The van der Waals surface area contributed by atoms with Crippen LogP contribution in [0.4, 0.5) is 13.2 Å². The molecule has 0 saturated heterocycles. The molecule has 0 aliphatic rings. The number of amides is 1. The van der Waals surface area contributed by atoms with E-state index in [1.54, 1.807) is 13.8 Å². The molecule has 6 nitrogen and oxygen atoms in total. The molecule has 0 aliphatic heterocycles. The van der Waals surface area contributed by atoms with Gasteiger partial charge in [0.2, 0.25) is 0 Å². The topological polar surface area (TPSA) is 85.8 Å². The number of carbonyl (C=O) groups excluding carboxylic acids is 1. The van der Waals surface area contributed by atoms with E-state index in [2.05, 4.69) is 15.6 Å². The summed E-state index contributed by atoms with van der Waals surface area (Å²) in [6, 6.07) is 4.92. The number of nitrogens with two attached hydrogens (primary N) is 1. The van der Waals surface area contributed by atoms with Gasteiger partial charge in [0.1, 0.15) is 0 Å². The highest BCUT2D eigenvalue weighted by Crippen LogP contribution is 2.33. The Morgan fingerprint density at radius 3 is 2.50 bits per heavy atom. The third-order valence-corrected chi connectivity index (χ3v) is 3.14. The maximum atomic E-state index is 13.0. The van der Waals surface area contributed by atoms with Crippen molar-refractivity contribution < 1.29 is 18.0 Å². The Balaban J connectivity index is 0.00000288. The second kappa shape index (κ2) is 7.18. The Hall–Kier alpha value is -2.13. The third-order valence-electron chi connectivity index (χ3n) is 3.14. The number of nitrogens with zero attached hydrogens (tertiary/aromatic N) is 3. The molecule has 0 fully saturated rings. The summed E-state index contributed by atoms with van der Waals surface area (Å²) in [5, 5.41) is 9.87. The first kappa shape index (κ1) is 19.9. The van der Waals surface area contributed by atoms with Gasteiger partial charge in [-0.15, -0.1) is 17.5 Å². The number of benzene rings is 1. The average Bonchev–Trinajstić information content (AvgIpc) is 2.96. The molecule has 2 aromatic rings. The summed E-state index contributed by atoms with van der Waals surface area (Å²) in [4.78, 5) is 12.0. The van der Waals surface area contributed by atoms with E-state index >= 15 is 0 Å². The van der Waals surface area contributed by atoms with E-state index in [9.17, 15) is 18.0 Å². The molecule has 0 radical (unpaired) electrons. The zero-order valence-electron chi connectivity index (χ0n) is 13.0. The normalized spacial score (nSPS) is 11.8. The highest BCUT2D eigenvalue weighted by atomic mass is 35.5. The summed E-state index contributed by atoms with van der Waals surface area (Å²) in [5.41, 5.74) is 3.69. The fourth-order valence-electron chi connectivity index (χ4n) is 1.82. The minimum absolute atomic E-state index is 0. The lowest BCUT2D eigenvalue weighted by Gasteiger charge is -2.23. The number of hydrogen-bond donors (Lipinski definition) is 2. The van der Waals surface area contributed by atoms with Crippen LogP contribution in [0.3, 0.4) is 0 Å². The number of halogens is 4. The molecule has 0 aliphatic carbocycles. The van der Waals surface area contributed by atoms with Crippen molar-refractivity contribution in [2.45, 2.75) is 25.6 Å². The third kappa shape index (κ3) is 4.45. The van der Waals surface area contributed by atoms with Gasteiger partial charge in [-0.1, -0.05) is 17.3 Å². The largest absolute Gasteiger partial charge is 0.418 e. The molecule has 10 heteroatoms. The molecule has 1 heterocycles. The summed E-state index contributed by atoms with van der Waals surface area (Å²) in [5.74, 6) is -0.559. The van der Waals surface area contributed by atoms with Crippen molar-refractivity contribution in [1.29, 1.82) is 0 Å². The molecule has 24 heavy (non-hydrogen) atoms. The van der Waals surface area contributed by atoms with Crippen LogP contribution in [0, 0.1) is 0 Å². The molecule has 0 spiro atoms. The predicted molar refractivity (Wildman–Crippen MR) is 84.2 cm³/mol. The van der Waals surface area contributed by atoms with Gasteiger partial charge in [0.15, 0.2) is 5.69 Å². The monoisotopic (exact) mass is 363 g/mol. The molecule has 2 rings (SSSR count). The summed E-state index contributed by atoms with van der Waals surface area (Å²) >= 11 is 0. The van der Waals surface area contributed by atoms with Crippen molar-refractivity contribution in [1.82, 2.24) is 20.3 Å². The molecule has 132 valence electrons. The Bertz CT molecular complexity index is 714. The first-order valence-corrected chi connectivity index (χ1v) is 6.75. The van der Waals surface area contributed by atoms with E-state index in [0.29, 0.717) is 0 Å². The van der Waals surface area contributed by atoms with E-state index in [4.69, 9.17) is 5.73 Å². The number of nitrogens with one attached hydrogen (secondary N) is 1. The smallest absolute Gasteiger partial charge is 0.344 e. The van der Waals surface area contributed by atoms with Crippen LogP contribution in [0.2, 0.25) is 0 Å². The fourth-order valence-corrected chi connectivity index (χ4v) is 1.82. The van der Waals surface area contributed by atoms with Gasteiger partial charge in [0, 0.05) is 12.1 Å². The van der Waals surface area contributed by atoms with Crippen LogP contribution >= 0.6 is 12.4 Å². The lowest BCUT2D eigenvalue weighted by Crippen LogP contribution is -2.48. The standard InChI is InChI=1S/C14H16F3N5O.ClH/c1-13(2,8-18)19-12(23)10-7-22(21-20-10)11-6-4-3-5-9(11)14(15,16)17;/h3-7H,8,18H2,1-2H3,(H,19,23);1H. The van der Waals surface area contributed by atoms with E-state index in [1.807, 2.05) is 0 Å². The summed E-state index contributed by atoms with van der Waals surface area (Å²) in [6.45, 7) is 3.63. The van der Waals surface area contributed by atoms with Gasteiger partial charge in [0.05, 0.1) is 17.4 Å². The zero-order valence-corrected chi connectivity index (χ0v) is 13.8. The Kier molecular flexibility index (Phi) is 5.96. The molecule has 0 bridgehead atoms. The molecule has 0 saturated carbocycles. The average molecular weight is 364 g/mol. The summed E-state index contributed by atoms with van der Waals surface area (Å²) in [6.07, 6.45) is -3.39. The summed E-state index contributed by atoms with van der Waals surface area (Å²) < 4.78 is 40.0. The zero-order chi connectivity index (χ0) is 17.3. The first-order chi connectivity index (χ1) is 10.6. The van der Waals surface area contributed by atoms with Gasteiger partial charge in [-0.25, -0.2) is 4.68 Å². The number of aromatic nitrogens is 3. The quantitative estimate of drug-likeness (QED) is 0.871. The lowest BCUT2D eigenvalue weighted by molar-refractivity contribution is -0.137. The van der Waals surface area contributed by atoms with Crippen LogP contribution in [-0.2, 0) is 6.18 Å². The maximum Gasteiger partial charge on any atom is 0.418 e. The number of carbonyl (C=O) groups is 1. The van der Waals surface area contributed by atoms with Gasteiger partial charge in [-0.2, -0.15) is 13.2 Å². The van der Waals surface area contributed by atoms with Crippen LogP contribution < -0.4 is 11.1 Å². The molecular formula is C14H17ClF3N5O. The van der Waals surface area contributed by atoms with Gasteiger partial charge >= 0.3 is 6.18 Å². The molecule has 1 amide bonds. The van der Waals surface area contributed by atoms with E-state index in [0.717, 1.165) is 16.9 Å². The molecule has 1 aromatic carbocycles. The number of rotatable bonds is 4. The Morgan fingerprint density at radius 2 is 1.92 bits per heavy atom. The van der Waals surface area contributed by atoms with Crippen molar-refractivity contribution >= 4 is 18.3 Å².